The summed E-state index contributed by atoms with van der Waals surface area (Å²) in [4.78, 5) is 25.2. The summed E-state index contributed by atoms with van der Waals surface area (Å²) in [5, 5.41) is 9.20. The fourth-order valence-electron chi connectivity index (χ4n) is 2.56. The number of benzene rings is 1. The average Bonchev–Trinajstić information content (AvgIpc) is 2.98. The van der Waals surface area contributed by atoms with E-state index in [4.69, 9.17) is 9.47 Å². The Morgan fingerprint density at radius 2 is 2.18 bits per heavy atom. The molecule has 1 aliphatic rings. The van der Waals surface area contributed by atoms with Gasteiger partial charge in [0.1, 0.15) is 6.04 Å². The predicted octanol–water partition coefficient (Wildman–Crippen LogP) is 2.55. The van der Waals surface area contributed by atoms with Gasteiger partial charge in [0.05, 0.1) is 18.2 Å². The molecule has 0 saturated carbocycles. The van der Waals surface area contributed by atoms with Gasteiger partial charge in [-0.2, -0.15) is 0 Å². The number of rotatable bonds is 5. The van der Waals surface area contributed by atoms with Crippen molar-refractivity contribution in [2.45, 2.75) is 25.8 Å². The van der Waals surface area contributed by atoms with Crippen LogP contribution in [0.2, 0.25) is 0 Å². The molecular weight excluding hydrogens is 354 g/mol. The average molecular weight is 372 g/mol. The first-order valence-electron chi connectivity index (χ1n) is 7.03. The van der Waals surface area contributed by atoms with Crippen molar-refractivity contribution in [3.8, 4) is 11.5 Å². The van der Waals surface area contributed by atoms with Crippen LogP contribution in [0.3, 0.4) is 0 Å². The van der Waals surface area contributed by atoms with Gasteiger partial charge in [-0.25, -0.2) is 4.79 Å². The van der Waals surface area contributed by atoms with Crippen LogP contribution in [-0.4, -0.2) is 48.2 Å². The quantitative estimate of drug-likeness (QED) is 0.860. The number of aliphatic carboxylic acids is 1. The summed E-state index contributed by atoms with van der Waals surface area (Å²) in [6, 6.07) is 2.45. The fourth-order valence-corrected chi connectivity index (χ4v) is 3.12. The van der Waals surface area contributed by atoms with Crippen molar-refractivity contribution in [1.29, 1.82) is 0 Å². The molecule has 7 heteroatoms. The molecule has 2 rings (SSSR count). The van der Waals surface area contributed by atoms with E-state index in [1.165, 1.54) is 12.0 Å². The lowest BCUT2D eigenvalue weighted by molar-refractivity contribution is -0.141. The van der Waals surface area contributed by atoms with Crippen LogP contribution in [-0.2, 0) is 4.79 Å². The van der Waals surface area contributed by atoms with Crippen LogP contribution < -0.4 is 9.47 Å². The van der Waals surface area contributed by atoms with Gasteiger partial charge < -0.3 is 19.5 Å². The van der Waals surface area contributed by atoms with Crippen LogP contribution in [0, 0.1) is 0 Å². The number of likely N-dealkylation sites (tertiary alicyclic amines) is 1. The summed E-state index contributed by atoms with van der Waals surface area (Å²) in [6.45, 7) is 2.77. The smallest absolute Gasteiger partial charge is 0.326 e. The Labute approximate surface area is 137 Å². The molecule has 1 atom stereocenters. The zero-order valence-corrected chi connectivity index (χ0v) is 14.1. The largest absolute Gasteiger partial charge is 0.493 e. The number of nitrogens with zero attached hydrogens (tertiary/aromatic N) is 1. The van der Waals surface area contributed by atoms with Crippen LogP contribution in [0.1, 0.15) is 30.1 Å². The molecule has 0 radical (unpaired) electrons. The van der Waals surface area contributed by atoms with Gasteiger partial charge in [0, 0.05) is 12.1 Å². The lowest BCUT2D eigenvalue weighted by Crippen LogP contribution is -2.40. The minimum absolute atomic E-state index is 0.313. The number of hydrogen-bond donors (Lipinski definition) is 1. The van der Waals surface area contributed by atoms with E-state index in [0.717, 1.165) is 0 Å². The van der Waals surface area contributed by atoms with Gasteiger partial charge in [0.25, 0.3) is 5.91 Å². The van der Waals surface area contributed by atoms with E-state index in [9.17, 15) is 14.7 Å². The summed E-state index contributed by atoms with van der Waals surface area (Å²) in [6.07, 6.45) is 1.18. The van der Waals surface area contributed by atoms with Gasteiger partial charge in [0.2, 0.25) is 0 Å². The van der Waals surface area contributed by atoms with E-state index in [0.29, 0.717) is 47.5 Å². The third-order valence-electron chi connectivity index (χ3n) is 3.56. The van der Waals surface area contributed by atoms with Crippen molar-refractivity contribution in [1.82, 2.24) is 4.90 Å². The molecule has 1 unspecified atom stereocenters. The number of carboxylic acids is 1. The Hall–Kier alpha value is -1.76. The number of amides is 1. The molecular formula is C15H18BrNO5. The monoisotopic (exact) mass is 371 g/mol. The minimum atomic E-state index is -0.970. The van der Waals surface area contributed by atoms with E-state index in [-0.39, 0.29) is 5.91 Å². The maximum absolute atomic E-state index is 12.6. The highest BCUT2D eigenvalue weighted by Crippen LogP contribution is 2.37. The van der Waals surface area contributed by atoms with E-state index >= 15 is 0 Å². The van der Waals surface area contributed by atoms with Crippen molar-refractivity contribution in [3.05, 3.63) is 22.2 Å². The van der Waals surface area contributed by atoms with E-state index in [1.54, 1.807) is 12.1 Å². The lowest BCUT2D eigenvalue weighted by Gasteiger charge is -2.22. The molecule has 1 aromatic carbocycles. The van der Waals surface area contributed by atoms with Gasteiger partial charge in [-0.1, -0.05) is 0 Å². The second-order valence-electron chi connectivity index (χ2n) is 4.92. The van der Waals surface area contributed by atoms with E-state index < -0.39 is 12.0 Å². The summed E-state index contributed by atoms with van der Waals surface area (Å²) in [5.41, 5.74) is 0.375. The summed E-state index contributed by atoms with van der Waals surface area (Å²) in [5.74, 6) is -0.321. The van der Waals surface area contributed by atoms with Gasteiger partial charge in [-0.15, -0.1) is 0 Å². The van der Waals surface area contributed by atoms with Crippen LogP contribution in [0.15, 0.2) is 16.6 Å². The zero-order valence-electron chi connectivity index (χ0n) is 12.5. The van der Waals surface area contributed by atoms with Crippen molar-refractivity contribution >= 4 is 27.8 Å². The summed E-state index contributed by atoms with van der Waals surface area (Å²) in [7, 11) is 1.49. The molecule has 22 heavy (non-hydrogen) atoms. The number of hydrogen-bond acceptors (Lipinski definition) is 4. The van der Waals surface area contributed by atoms with E-state index in [1.807, 2.05) is 6.92 Å². The minimum Gasteiger partial charge on any atom is -0.493 e. The van der Waals surface area contributed by atoms with Crippen molar-refractivity contribution < 1.29 is 24.2 Å². The first kappa shape index (κ1) is 16.6. The van der Waals surface area contributed by atoms with Gasteiger partial charge in [-0.3, -0.25) is 4.79 Å². The van der Waals surface area contributed by atoms with E-state index in [2.05, 4.69) is 15.9 Å². The Bertz CT molecular complexity index is 590. The maximum Gasteiger partial charge on any atom is 0.326 e. The molecule has 0 spiro atoms. The molecule has 1 amide bonds. The third kappa shape index (κ3) is 3.19. The number of carbonyl (C=O) groups excluding carboxylic acids is 1. The first-order chi connectivity index (χ1) is 10.5. The summed E-state index contributed by atoms with van der Waals surface area (Å²) < 4.78 is 11.4. The highest BCUT2D eigenvalue weighted by atomic mass is 79.9. The standard InChI is InChI=1S/C15H18BrNO5/c1-3-22-13-10(16)7-9(8-12(13)21-2)14(18)17-6-4-5-11(17)15(19)20/h7-8,11H,3-6H2,1-2H3,(H,19,20). The Morgan fingerprint density at radius 1 is 1.45 bits per heavy atom. The number of methoxy groups -OCH3 is 1. The van der Waals surface area contributed by atoms with Gasteiger partial charge in [0.15, 0.2) is 11.5 Å². The lowest BCUT2D eigenvalue weighted by atomic mass is 10.1. The second-order valence-corrected chi connectivity index (χ2v) is 5.77. The topological polar surface area (TPSA) is 76.1 Å². The molecule has 6 nitrogen and oxygen atoms in total. The Morgan fingerprint density at radius 3 is 2.77 bits per heavy atom. The molecule has 1 aromatic rings. The summed E-state index contributed by atoms with van der Waals surface area (Å²) >= 11 is 3.37. The van der Waals surface area contributed by atoms with Gasteiger partial charge in [-0.05, 0) is 47.8 Å². The van der Waals surface area contributed by atoms with Crippen LogP contribution in [0.5, 0.6) is 11.5 Å². The molecule has 1 heterocycles. The van der Waals surface area contributed by atoms with Crippen molar-refractivity contribution in [2.24, 2.45) is 0 Å². The van der Waals surface area contributed by atoms with Crippen LogP contribution >= 0.6 is 15.9 Å². The third-order valence-corrected chi connectivity index (χ3v) is 4.15. The van der Waals surface area contributed by atoms with Crippen LogP contribution in [0.4, 0.5) is 0 Å². The maximum atomic E-state index is 12.6. The van der Waals surface area contributed by atoms with Crippen molar-refractivity contribution in [3.63, 3.8) is 0 Å². The molecule has 1 N–H and O–H groups in total. The molecule has 0 bridgehead atoms. The molecule has 1 aliphatic heterocycles. The van der Waals surface area contributed by atoms with Crippen LogP contribution in [0.25, 0.3) is 0 Å². The molecule has 1 fully saturated rings. The molecule has 0 aliphatic carbocycles. The van der Waals surface area contributed by atoms with Gasteiger partial charge >= 0.3 is 5.97 Å². The first-order valence-corrected chi connectivity index (χ1v) is 7.83. The number of carbonyl (C=O) groups is 2. The fraction of sp³-hybridized carbons (Fsp3) is 0.467. The number of ether oxygens (including phenoxy) is 2. The highest BCUT2D eigenvalue weighted by molar-refractivity contribution is 9.10. The zero-order chi connectivity index (χ0) is 16.3. The van der Waals surface area contributed by atoms with Crippen molar-refractivity contribution in [2.75, 3.05) is 20.3 Å². The predicted molar refractivity (Wildman–Crippen MR) is 83.6 cm³/mol. The SMILES string of the molecule is CCOc1c(Br)cc(C(=O)N2CCCC2C(=O)O)cc1OC. The normalized spacial score (nSPS) is 17.4. The Balaban J connectivity index is 2.34. The molecule has 0 aromatic heterocycles. The molecule has 1 saturated heterocycles. The Kier molecular flexibility index (Phi) is 5.28. The second kappa shape index (κ2) is 7.00. The number of carboxylic acid groups (broad SMARTS) is 1. The molecule has 120 valence electrons. The number of halogens is 1. The highest BCUT2D eigenvalue weighted by Gasteiger charge is 2.34.